The summed E-state index contributed by atoms with van der Waals surface area (Å²) < 4.78 is 2.06. The van der Waals surface area contributed by atoms with Crippen molar-refractivity contribution in [3.63, 3.8) is 0 Å². The second-order valence-corrected chi connectivity index (χ2v) is 6.90. The van der Waals surface area contributed by atoms with E-state index in [1.807, 2.05) is 7.05 Å². The molecule has 1 aromatic carbocycles. The van der Waals surface area contributed by atoms with Gasteiger partial charge in [-0.2, -0.15) is 0 Å². The normalized spacial score (nSPS) is 16.0. The highest BCUT2D eigenvalue weighted by atomic mass is 15.2. The minimum atomic E-state index is 0.407. The van der Waals surface area contributed by atoms with Crippen molar-refractivity contribution < 1.29 is 0 Å². The van der Waals surface area contributed by atoms with Crippen molar-refractivity contribution in [1.82, 2.24) is 15.2 Å². The monoisotopic (exact) mass is 324 g/mol. The molecule has 3 rings (SSSR count). The summed E-state index contributed by atoms with van der Waals surface area (Å²) in [6.07, 6.45) is 7.92. The summed E-state index contributed by atoms with van der Waals surface area (Å²) in [5.41, 5.74) is 3.08. The van der Waals surface area contributed by atoms with Gasteiger partial charge in [-0.05, 0) is 48.8 Å². The zero-order valence-corrected chi connectivity index (χ0v) is 14.8. The summed E-state index contributed by atoms with van der Waals surface area (Å²) >= 11 is 0. The summed E-state index contributed by atoms with van der Waals surface area (Å²) in [6.45, 7) is 4.69. The zero-order valence-electron chi connectivity index (χ0n) is 14.8. The molecule has 1 aromatic heterocycles. The molecule has 0 radical (unpaired) electrons. The van der Waals surface area contributed by atoms with Gasteiger partial charge in [-0.1, -0.05) is 30.3 Å². The number of hydrogen-bond donors (Lipinski definition) is 2. The van der Waals surface area contributed by atoms with Crippen LogP contribution in [0.25, 0.3) is 0 Å². The third-order valence-corrected chi connectivity index (χ3v) is 4.67. The number of nitrogens with zero attached hydrogens (tertiary/aromatic N) is 2. The highest BCUT2D eigenvalue weighted by Crippen LogP contribution is 2.47. The lowest BCUT2D eigenvalue weighted by Gasteiger charge is -2.18. The second-order valence-electron chi connectivity index (χ2n) is 6.90. The van der Waals surface area contributed by atoms with E-state index in [0.717, 1.165) is 25.5 Å². The van der Waals surface area contributed by atoms with Gasteiger partial charge in [0.1, 0.15) is 0 Å². The van der Waals surface area contributed by atoms with E-state index in [1.165, 1.54) is 24.0 Å². The van der Waals surface area contributed by atoms with Crippen molar-refractivity contribution >= 4 is 5.96 Å². The largest absolute Gasteiger partial charge is 0.357 e. The maximum absolute atomic E-state index is 4.72. The average Bonchev–Trinajstić information content (AvgIpc) is 3.22. The van der Waals surface area contributed by atoms with E-state index in [4.69, 9.17) is 4.99 Å². The minimum Gasteiger partial charge on any atom is -0.357 e. The van der Waals surface area contributed by atoms with Crippen LogP contribution in [0.4, 0.5) is 0 Å². The summed E-state index contributed by atoms with van der Waals surface area (Å²) in [4.78, 5) is 4.72. The number of aromatic nitrogens is 1. The van der Waals surface area contributed by atoms with E-state index in [2.05, 4.69) is 70.9 Å². The maximum atomic E-state index is 4.72. The Morgan fingerprint density at radius 2 is 1.92 bits per heavy atom. The Hall–Kier alpha value is -2.23. The molecular weight excluding hydrogens is 296 g/mol. The van der Waals surface area contributed by atoms with Gasteiger partial charge in [-0.25, -0.2) is 4.99 Å². The number of benzene rings is 1. The van der Waals surface area contributed by atoms with Gasteiger partial charge in [0.25, 0.3) is 0 Å². The number of nitrogens with one attached hydrogen (secondary N) is 2. The highest BCUT2D eigenvalue weighted by molar-refractivity contribution is 5.79. The Morgan fingerprint density at radius 1 is 1.12 bits per heavy atom. The molecule has 0 unspecified atom stereocenters. The molecule has 1 fully saturated rings. The molecule has 4 nitrogen and oxygen atoms in total. The molecule has 2 aromatic rings. The standard InChI is InChI=1S/C20H28N4/c1-3-21-19(22-14-18-9-12-24(2)15-18)23-16-20(10-11-20)13-17-7-5-4-6-8-17/h4-9,12,15H,3,10-11,13-14,16H2,1-2H3,(H2,21,22,23). The number of aryl methyl sites for hydroxylation is 1. The molecular formula is C20H28N4. The van der Waals surface area contributed by atoms with Crippen LogP contribution in [0.15, 0.2) is 53.8 Å². The Kier molecular flexibility index (Phi) is 5.24. The summed E-state index contributed by atoms with van der Waals surface area (Å²) in [5, 5.41) is 6.91. The average molecular weight is 324 g/mol. The van der Waals surface area contributed by atoms with E-state index in [1.54, 1.807) is 0 Å². The quantitative estimate of drug-likeness (QED) is 0.607. The molecule has 0 spiro atoms. The van der Waals surface area contributed by atoms with E-state index in [0.29, 0.717) is 12.0 Å². The van der Waals surface area contributed by atoms with Crippen molar-refractivity contribution in [3.05, 3.63) is 59.9 Å². The van der Waals surface area contributed by atoms with Gasteiger partial charge < -0.3 is 15.2 Å². The van der Waals surface area contributed by atoms with Crippen LogP contribution in [0.2, 0.25) is 0 Å². The lowest BCUT2D eigenvalue weighted by molar-refractivity contribution is 0.492. The number of rotatable bonds is 7. The summed E-state index contributed by atoms with van der Waals surface area (Å²) in [7, 11) is 2.04. The van der Waals surface area contributed by atoms with Crippen molar-refractivity contribution in [1.29, 1.82) is 0 Å². The van der Waals surface area contributed by atoms with Gasteiger partial charge in [0.2, 0.25) is 0 Å². The van der Waals surface area contributed by atoms with Gasteiger partial charge in [0.05, 0.1) is 6.54 Å². The fraction of sp³-hybridized carbons (Fsp3) is 0.450. The lowest BCUT2D eigenvalue weighted by atomic mass is 9.96. The fourth-order valence-electron chi connectivity index (χ4n) is 3.06. The lowest BCUT2D eigenvalue weighted by Crippen LogP contribution is -2.40. The molecule has 0 atom stereocenters. The van der Waals surface area contributed by atoms with E-state index in [-0.39, 0.29) is 0 Å². The van der Waals surface area contributed by atoms with Crippen LogP contribution in [0, 0.1) is 5.41 Å². The molecule has 1 heterocycles. The molecule has 1 aliphatic rings. The van der Waals surface area contributed by atoms with Crippen LogP contribution in [0.5, 0.6) is 0 Å². The van der Waals surface area contributed by atoms with Crippen LogP contribution in [0.1, 0.15) is 30.9 Å². The SMILES string of the molecule is CCNC(=NCc1ccn(C)c1)NCC1(Cc2ccccc2)CC1. The van der Waals surface area contributed by atoms with Crippen LogP contribution in [0.3, 0.4) is 0 Å². The molecule has 4 heteroatoms. The Balaban J connectivity index is 1.55. The van der Waals surface area contributed by atoms with Crippen LogP contribution in [-0.2, 0) is 20.0 Å². The van der Waals surface area contributed by atoms with Crippen LogP contribution in [-0.4, -0.2) is 23.6 Å². The minimum absolute atomic E-state index is 0.407. The predicted octanol–water partition coefficient (Wildman–Crippen LogP) is 3.10. The first kappa shape index (κ1) is 16.6. The maximum Gasteiger partial charge on any atom is 0.191 e. The molecule has 2 N–H and O–H groups in total. The van der Waals surface area contributed by atoms with E-state index >= 15 is 0 Å². The molecule has 24 heavy (non-hydrogen) atoms. The van der Waals surface area contributed by atoms with Gasteiger partial charge in [-0.15, -0.1) is 0 Å². The van der Waals surface area contributed by atoms with E-state index < -0.39 is 0 Å². The molecule has 0 aliphatic heterocycles. The number of aliphatic imine (C=N–C) groups is 1. The van der Waals surface area contributed by atoms with Crippen LogP contribution < -0.4 is 10.6 Å². The summed E-state index contributed by atoms with van der Waals surface area (Å²) in [5.74, 6) is 0.917. The third kappa shape index (κ3) is 4.63. The topological polar surface area (TPSA) is 41.4 Å². The smallest absolute Gasteiger partial charge is 0.191 e. The fourth-order valence-corrected chi connectivity index (χ4v) is 3.06. The summed E-state index contributed by atoms with van der Waals surface area (Å²) in [6, 6.07) is 12.9. The molecule has 1 aliphatic carbocycles. The molecule has 1 saturated carbocycles. The van der Waals surface area contributed by atoms with Crippen molar-refractivity contribution in [2.24, 2.45) is 17.5 Å². The first-order chi connectivity index (χ1) is 11.7. The number of hydrogen-bond acceptors (Lipinski definition) is 1. The first-order valence-corrected chi connectivity index (χ1v) is 8.86. The first-order valence-electron chi connectivity index (χ1n) is 8.86. The number of guanidine groups is 1. The van der Waals surface area contributed by atoms with Crippen molar-refractivity contribution in [2.45, 2.75) is 32.7 Å². The molecule has 128 valence electrons. The van der Waals surface area contributed by atoms with Gasteiger partial charge >= 0.3 is 0 Å². The van der Waals surface area contributed by atoms with Crippen LogP contribution >= 0.6 is 0 Å². The van der Waals surface area contributed by atoms with Gasteiger partial charge in [-0.3, -0.25) is 0 Å². The van der Waals surface area contributed by atoms with Crippen molar-refractivity contribution in [3.8, 4) is 0 Å². The Bertz CT molecular complexity index is 668. The molecule has 0 amide bonds. The van der Waals surface area contributed by atoms with Crippen molar-refractivity contribution in [2.75, 3.05) is 13.1 Å². The molecule has 0 saturated heterocycles. The van der Waals surface area contributed by atoms with Gasteiger partial charge in [0, 0.05) is 32.5 Å². The second kappa shape index (κ2) is 7.56. The highest BCUT2D eigenvalue weighted by Gasteiger charge is 2.42. The molecule has 0 bridgehead atoms. The predicted molar refractivity (Wildman–Crippen MR) is 100 cm³/mol. The van der Waals surface area contributed by atoms with E-state index in [9.17, 15) is 0 Å². The zero-order chi connectivity index (χ0) is 16.8. The third-order valence-electron chi connectivity index (χ3n) is 4.67. The van der Waals surface area contributed by atoms with Gasteiger partial charge in [0.15, 0.2) is 5.96 Å². The Morgan fingerprint density at radius 3 is 2.54 bits per heavy atom. The Labute approximate surface area is 145 Å².